The lowest BCUT2D eigenvalue weighted by atomic mass is 9.77. The van der Waals surface area contributed by atoms with Gasteiger partial charge < -0.3 is 24.2 Å². The zero-order valence-electron chi connectivity index (χ0n) is 33.0. The molecule has 300 valence electrons. The quantitative estimate of drug-likeness (QED) is 0.173. The highest BCUT2D eigenvalue weighted by Gasteiger charge is 2.49. The van der Waals surface area contributed by atoms with Crippen LogP contribution in [0.2, 0.25) is 0 Å². The summed E-state index contributed by atoms with van der Waals surface area (Å²) in [7, 11) is -3.78. The summed E-state index contributed by atoms with van der Waals surface area (Å²) < 4.78 is 75.0. The Morgan fingerprint density at radius 1 is 0.745 bits per heavy atom. The average Bonchev–Trinajstić information content (AvgIpc) is 3.17. The van der Waals surface area contributed by atoms with Crippen molar-refractivity contribution >= 4 is 21.4 Å². The largest absolute Gasteiger partial charge is 0.388 e. The van der Waals surface area contributed by atoms with Gasteiger partial charge in [0.2, 0.25) is 5.91 Å². The molecule has 13 atom stereocenters. The van der Waals surface area contributed by atoms with Gasteiger partial charge in [0, 0.05) is 11.6 Å². The van der Waals surface area contributed by atoms with E-state index in [4.69, 9.17) is 14.2 Å². The second-order valence-electron chi connectivity index (χ2n) is 16.2. The topological polar surface area (TPSA) is 102 Å². The maximum absolute atomic E-state index is 14.0. The van der Waals surface area contributed by atoms with Crippen LogP contribution < -0.4 is 4.90 Å². The van der Waals surface area contributed by atoms with Gasteiger partial charge in [0.1, 0.15) is 11.6 Å². The minimum atomic E-state index is -3.78. The molecule has 3 aromatic carbocycles. The number of anilines is 1. The first-order chi connectivity index (χ1) is 26.1. The number of carbonyl (C=O) groups excluding carboxylic acids is 1. The number of β-lactam (4-membered cyclic amide) rings is 1. The predicted molar refractivity (Wildman–Crippen MR) is 208 cm³/mol. The summed E-state index contributed by atoms with van der Waals surface area (Å²) in [5.74, 6) is -0.695. The van der Waals surface area contributed by atoms with Gasteiger partial charge in [-0.15, -0.1) is 0 Å². The molecule has 0 saturated carbocycles. The number of halogens is 2. The number of ether oxygens (including phenoxy) is 3. The molecule has 3 saturated heterocycles. The summed E-state index contributed by atoms with van der Waals surface area (Å²) in [6.45, 7) is 15.0. The zero-order chi connectivity index (χ0) is 39.8. The fourth-order valence-corrected chi connectivity index (χ4v) is 10.4. The highest BCUT2D eigenvalue weighted by atomic mass is 32.2. The summed E-state index contributed by atoms with van der Waals surface area (Å²) in [6.07, 6.45) is 0.00375. The number of aliphatic hydroxyl groups is 1. The summed E-state index contributed by atoms with van der Waals surface area (Å²) in [4.78, 5) is 15.3. The first-order valence-corrected chi connectivity index (χ1v) is 21.6. The normalized spacial score (nSPS) is 33.3. The Morgan fingerprint density at radius 3 is 1.93 bits per heavy atom. The molecular formula is C44H57F2NO7S. The van der Waals surface area contributed by atoms with Crippen LogP contribution >= 0.6 is 0 Å². The molecule has 0 aliphatic carbocycles. The molecule has 3 aromatic rings. The van der Waals surface area contributed by atoms with Gasteiger partial charge in [-0.2, -0.15) is 0 Å². The van der Waals surface area contributed by atoms with E-state index < -0.39 is 45.6 Å². The number of sulfone groups is 1. The Bertz CT molecular complexity index is 1850. The third kappa shape index (κ3) is 8.56. The van der Waals surface area contributed by atoms with Crippen LogP contribution in [0.5, 0.6) is 0 Å². The molecule has 0 bridgehead atoms. The molecule has 0 aromatic heterocycles. The molecule has 6 rings (SSSR count). The molecule has 1 N–H and O–H groups in total. The van der Waals surface area contributed by atoms with Gasteiger partial charge in [0.25, 0.3) is 0 Å². The van der Waals surface area contributed by atoms with Crippen molar-refractivity contribution in [2.75, 3.05) is 10.7 Å². The van der Waals surface area contributed by atoms with Crippen LogP contribution in [0, 0.1) is 47.1 Å². The van der Waals surface area contributed by atoms with Gasteiger partial charge in [0.05, 0.1) is 53.1 Å². The molecule has 3 fully saturated rings. The monoisotopic (exact) mass is 781 g/mol. The Balaban J connectivity index is 1.16. The van der Waals surface area contributed by atoms with Gasteiger partial charge in [-0.25, -0.2) is 17.2 Å². The molecule has 0 spiro atoms. The van der Waals surface area contributed by atoms with Crippen molar-refractivity contribution in [3.8, 4) is 0 Å². The number of nitrogens with zero attached hydrogens (tertiary/aromatic N) is 1. The van der Waals surface area contributed by atoms with Crippen molar-refractivity contribution in [2.24, 2.45) is 35.5 Å². The van der Waals surface area contributed by atoms with Gasteiger partial charge >= 0.3 is 0 Å². The number of aliphatic hydroxyl groups excluding tert-OH is 1. The molecule has 0 radical (unpaired) electrons. The van der Waals surface area contributed by atoms with E-state index in [1.165, 1.54) is 36.4 Å². The van der Waals surface area contributed by atoms with E-state index in [9.17, 15) is 27.1 Å². The predicted octanol–water partition coefficient (Wildman–Crippen LogP) is 8.83. The zero-order valence-corrected chi connectivity index (χ0v) is 33.8. The van der Waals surface area contributed by atoms with E-state index in [1.54, 1.807) is 41.3 Å². The van der Waals surface area contributed by atoms with Crippen molar-refractivity contribution in [3.63, 3.8) is 0 Å². The first-order valence-electron chi connectivity index (χ1n) is 20.0. The first kappa shape index (κ1) is 41.4. The fraction of sp³-hybridized carbons (Fsp3) is 0.568. The Labute approximate surface area is 325 Å². The fourth-order valence-electron chi connectivity index (χ4n) is 8.87. The van der Waals surface area contributed by atoms with Crippen molar-refractivity contribution in [1.82, 2.24) is 0 Å². The molecule has 3 aliphatic rings. The van der Waals surface area contributed by atoms with Gasteiger partial charge in [-0.3, -0.25) is 4.79 Å². The minimum absolute atomic E-state index is 0.0268. The van der Waals surface area contributed by atoms with Crippen LogP contribution in [-0.2, 0) is 28.8 Å². The third-order valence-corrected chi connectivity index (χ3v) is 14.8. The average molecular weight is 782 g/mol. The number of amides is 1. The van der Waals surface area contributed by atoms with Gasteiger partial charge in [-0.05, 0) is 109 Å². The third-order valence-electron chi connectivity index (χ3n) is 13.0. The smallest absolute Gasteiger partial charge is 0.233 e. The molecule has 3 aliphatic heterocycles. The number of benzene rings is 3. The van der Waals surface area contributed by atoms with E-state index in [1.807, 2.05) is 13.8 Å². The molecule has 55 heavy (non-hydrogen) atoms. The maximum Gasteiger partial charge on any atom is 0.233 e. The van der Waals surface area contributed by atoms with Crippen LogP contribution in [0.25, 0.3) is 0 Å². The molecule has 8 nitrogen and oxygen atoms in total. The van der Waals surface area contributed by atoms with Crippen LogP contribution in [0.3, 0.4) is 0 Å². The van der Waals surface area contributed by atoms with Crippen molar-refractivity contribution < 1.29 is 41.3 Å². The Hall–Kier alpha value is -3.22. The number of carbonyl (C=O) groups is 1. The van der Waals surface area contributed by atoms with Gasteiger partial charge in [-0.1, -0.05) is 72.7 Å². The van der Waals surface area contributed by atoms with E-state index in [0.29, 0.717) is 35.9 Å². The molecular weight excluding hydrogens is 725 g/mol. The van der Waals surface area contributed by atoms with Crippen LogP contribution in [-0.4, -0.2) is 55.9 Å². The van der Waals surface area contributed by atoms with E-state index >= 15 is 0 Å². The SMILES string of the molecule is CCC1OC(O[C@@H]2C(CC)OC(CS(=O)(=O)c3ccc([C@@H]4[C@@H](CC[C@H](O)c5ccc(F)cc5)C(=O)N4c4ccc(F)cc4)cc3)[C@@H](C)[C@H]2C)[C@@H](C)[C@@H](C)[C@@H]1C. The van der Waals surface area contributed by atoms with Crippen molar-refractivity contribution in [1.29, 1.82) is 0 Å². The summed E-state index contributed by atoms with van der Waals surface area (Å²) in [5.41, 5.74) is 1.79. The number of hydrogen-bond donors (Lipinski definition) is 1. The number of rotatable bonds is 13. The van der Waals surface area contributed by atoms with E-state index in [2.05, 4.69) is 34.6 Å². The minimum Gasteiger partial charge on any atom is -0.388 e. The van der Waals surface area contributed by atoms with Crippen molar-refractivity contribution in [2.45, 2.75) is 122 Å². The lowest BCUT2D eigenvalue weighted by Crippen LogP contribution is -2.55. The van der Waals surface area contributed by atoms with Crippen molar-refractivity contribution in [3.05, 3.63) is 95.6 Å². The summed E-state index contributed by atoms with van der Waals surface area (Å²) >= 11 is 0. The maximum atomic E-state index is 14.0. The standard InChI is InChI=1S/C44H57F2NO7S/c1-8-38-26(4)25(3)29(7)44(53-38)54-42-28(6)27(5)40(52-39(42)9-2)24-55(50,51)35-20-12-31(13-21-35)41-36(22-23-37(48)30-10-14-32(45)15-11-30)43(49)47(41)34-18-16-33(46)17-19-34/h10-21,25-29,36-42,44,48H,8-9,22-24H2,1-7H3/t25-,26-,27-,28+,29-,36+,37-,38?,39?,40?,41+,42-,44?/m0/s1. The van der Waals surface area contributed by atoms with Crippen LogP contribution in [0.4, 0.5) is 14.5 Å². The second-order valence-corrected chi connectivity index (χ2v) is 18.2. The highest BCUT2D eigenvalue weighted by Crippen LogP contribution is 2.47. The Kier molecular flexibility index (Phi) is 12.9. The lowest BCUT2D eigenvalue weighted by Gasteiger charge is -2.49. The van der Waals surface area contributed by atoms with Crippen LogP contribution in [0.1, 0.15) is 97.4 Å². The highest BCUT2D eigenvalue weighted by molar-refractivity contribution is 7.91. The van der Waals surface area contributed by atoms with E-state index in [-0.39, 0.29) is 65.3 Å². The molecule has 3 heterocycles. The molecule has 1 amide bonds. The summed E-state index contributed by atoms with van der Waals surface area (Å²) in [6, 6.07) is 17.4. The Morgan fingerprint density at radius 2 is 1.33 bits per heavy atom. The van der Waals surface area contributed by atoms with Gasteiger partial charge in [0.15, 0.2) is 16.1 Å². The lowest BCUT2D eigenvalue weighted by molar-refractivity contribution is -0.299. The molecule has 4 unspecified atom stereocenters. The number of hydrogen-bond acceptors (Lipinski definition) is 7. The van der Waals surface area contributed by atoms with Crippen LogP contribution in [0.15, 0.2) is 77.7 Å². The summed E-state index contributed by atoms with van der Waals surface area (Å²) in [5, 5.41) is 10.8. The molecule has 11 heteroatoms. The van der Waals surface area contributed by atoms with E-state index in [0.717, 1.165) is 12.0 Å². The second kappa shape index (κ2) is 17.1.